The third-order valence-corrected chi connectivity index (χ3v) is 7.91. The number of rotatable bonds is 2. The second kappa shape index (κ2) is 8.38. The van der Waals surface area contributed by atoms with Crippen LogP contribution in [-0.4, -0.2) is 20.7 Å². The Hall–Kier alpha value is -4.31. The second-order valence-corrected chi connectivity index (χ2v) is 9.97. The van der Waals surface area contributed by atoms with Crippen molar-refractivity contribution in [3.05, 3.63) is 89.3 Å². The van der Waals surface area contributed by atoms with Crippen molar-refractivity contribution in [1.29, 1.82) is 5.26 Å². The van der Waals surface area contributed by atoms with Gasteiger partial charge in [-0.1, -0.05) is 32.1 Å². The number of nitriles is 1. The predicted octanol–water partition coefficient (Wildman–Crippen LogP) is 6.13. The van der Waals surface area contributed by atoms with E-state index in [0.717, 1.165) is 5.56 Å². The van der Waals surface area contributed by atoms with Crippen LogP contribution >= 0.6 is 0 Å². The summed E-state index contributed by atoms with van der Waals surface area (Å²) in [7, 11) is 0. The number of pyridine rings is 1. The number of aromatic nitrogens is 3. The first-order chi connectivity index (χ1) is 17.8. The highest BCUT2D eigenvalue weighted by Gasteiger charge is 2.49. The average Bonchev–Trinajstić information content (AvgIpc) is 2.90. The van der Waals surface area contributed by atoms with Gasteiger partial charge in [-0.25, -0.2) is 18.7 Å². The van der Waals surface area contributed by atoms with Crippen LogP contribution in [0.5, 0.6) is 0 Å². The first-order valence-electron chi connectivity index (χ1n) is 12.2. The van der Waals surface area contributed by atoms with Crippen LogP contribution in [-0.2, 0) is 16.6 Å². The standard InChI is InChI=1S/C30H22F2N4O/c1-16-23-9-8-21-26(20-5-3-4-6-24(20)32)35-29(19-11-12-34-25-10-7-18(31)13-22(19)25)36-28(21)30(23,2)14-17(15-33)27(16)37/h3-7,10-14,16,23H,8-9H2,1-2H3/t16-,23-,30-/m1/s1. The number of halogens is 2. The third-order valence-electron chi connectivity index (χ3n) is 7.91. The van der Waals surface area contributed by atoms with E-state index in [0.29, 0.717) is 52.1 Å². The van der Waals surface area contributed by atoms with E-state index in [-0.39, 0.29) is 23.2 Å². The molecule has 0 spiro atoms. The first-order valence-corrected chi connectivity index (χ1v) is 12.2. The van der Waals surface area contributed by atoms with Crippen LogP contribution in [0.1, 0.15) is 31.5 Å². The van der Waals surface area contributed by atoms with E-state index in [1.165, 1.54) is 18.2 Å². The van der Waals surface area contributed by atoms with E-state index in [2.05, 4.69) is 11.1 Å². The Bertz CT molecular complexity index is 1690. The molecule has 0 N–H and O–H groups in total. The van der Waals surface area contributed by atoms with Crippen LogP contribution in [0.15, 0.2) is 66.4 Å². The molecule has 2 heterocycles. The first kappa shape index (κ1) is 23.1. The summed E-state index contributed by atoms with van der Waals surface area (Å²) in [5.41, 5.74) is 2.81. The molecule has 37 heavy (non-hydrogen) atoms. The highest BCUT2D eigenvalue weighted by molar-refractivity contribution is 6.02. The normalized spacial score (nSPS) is 22.7. The van der Waals surface area contributed by atoms with Gasteiger partial charge in [-0.05, 0) is 55.2 Å². The number of hydrogen-bond donors (Lipinski definition) is 0. The number of benzene rings is 2. The Morgan fingerprint density at radius 1 is 1.08 bits per heavy atom. The molecular weight excluding hydrogens is 470 g/mol. The molecule has 182 valence electrons. The van der Waals surface area contributed by atoms with Crippen molar-refractivity contribution in [2.24, 2.45) is 11.8 Å². The molecule has 0 fully saturated rings. The molecule has 0 bridgehead atoms. The van der Waals surface area contributed by atoms with E-state index in [4.69, 9.17) is 9.97 Å². The van der Waals surface area contributed by atoms with Crippen LogP contribution in [0.25, 0.3) is 33.5 Å². The Balaban J connectivity index is 1.70. The number of Topliss-reactive ketones (excluding diaryl/α,β-unsaturated/α-hetero) is 1. The number of carbonyl (C=O) groups excluding carboxylic acids is 1. The second-order valence-electron chi connectivity index (χ2n) is 9.97. The van der Waals surface area contributed by atoms with Gasteiger partial charge < -0.3 is 0 Å². The van der Waals surface area contributed by atoms with Crippen molar-refractivity contribution in [2.75, 3.05) is 0 Å². The topological polar surface area (TPSA) is 79.5 Å². The largest absolute Gasteiger partial charge is 0.293 e. The molecule has 0 amide bonds. The minimum atomic E-state index is -0.738. The fourth-order valence-corrected chi connectivity index (χ4v) is 6.08. The van der Waals surface area contributed by atoms with Crippen molar-refractivity contribution in [1.82, 2.24) is 15.0 Å². The molecule has 0 saturated carbocycles. The van der Waals surface area contributed by atoms with E-state index >= 15 is 4.39 Å². The minimum Gasteiger partial charge on any atom is -0.293 e. The van der Waals surface area contributed by atoms with Crippen molar-refractivity contribution in [2.45, 2.75) is 32.1 Å². The molecule has 2 aliphatic carbocycles. The van der Waals surface area contributed by atoms with E-state index in [1.807, 2.05) is 13.8 Å². The molecule has 7 heteroatoms. The van der Waals surface area contributed by atoms with Gasteiger partial charge in [0.05, 0.1) is 22.5 Å². The molecule has 0 unspecified atom stereocenters. The van der Waals surface area contributed by atoms with Crippen molar-refractivity contribution >= 4 is 16.7 Å². The lowest BCUT2D eigenvalue weighted by molar-refractivity contribution is -0.121. The maximum Gasteiger partial charge on any atom is 0.176 e. The van der Waals surface area contributed by atoms with Crippen LogP contribution in [0.4, 0.5) is 8.78 Å². The van der Waals surface area contributed by atoms with Gasteiger partial charge in [-0.2, -0.15) is 5.26 Å². The zero-order chi connectivity index (χ0) is 25.9. The van der Waals surface area contributed by atoms with Gasteiger partial charge in [-0.3, -0.25) is 9.78 Å². The number of ketones is 1. The highest BCUT2D eigenvalue weighted by Crippen LogP contribution is 2.51. The van der Waals surface area contributed by atoms with Gasteiger partial charge in [-0.15, -0.1) is 0 Å². The number of carbonyl (C=O) groups is 1. The fourth-order valence-electron chi connectivity index (χ4n) is 6.08. The maximum absolute atomic E-state index is 15.1. The lowest BCUT2D eigenvalue weighted by Crippen LogP contribution is -2.46. The third kappa shape index (κ3) is 3.47. The molecule has 0 saturated heterocycles. The summed E-state index contributed by atoms with van der Waals surface area (Å²) < 4.78 is 29.4. The van der Waals surface area contributed by atoms with E-state index < -0.39 is 17.0 Å². The lowest BCUT2D eigenvalue weighted by atomic mass is 9.57. The minimum absolute atomic E-state index is 0.0764. The Kier molecular flexibility index (Phi) is 5.23. The van der Waals surface area contributed by atoms with Crippen molar-refractivity contribution < 1.29 is 13.6 Å². The molecular formula is C30H22F2N4O. The fraction of sp³-hybridized carbons (Fsp3) is 0.233. The number of hydrogen-bond acceptors (Lipinski definition) is 5. The summed E-state index contributed by atoms with van der Waals surface area (Å²) in [6.07, 6.45) is 4.59. The summed E-state index contributed by atoms with van der Waals surface area (Å²) in [5, 5.41) is 10.3. The SMILES string of the molecule is C[C@H]1C(=O)C(C#N)=C[C@@]2(C)c3nc(-c4ccnc5ccc(F)cc45)nc(-c4ccccc4F)c3CC[C@H]12. The maximum atomic E-state index is 15.1. The number of allylic oxidation sites excluding steroid dienone is 2. The summed E-state index contributed by atoms with van der Waals surface area (Å²) >= 11 is 0. The Labute approximate surface area is 212 Å². The van der Waals surface area contributed by atoms with E-state index in [1.54, 1.807) is 42.6 Å². The van der Waals surface area contributed by atoms with Crippen molar-refractivity contribution in [3.8, 4) is 28.7 Å². The highest BCUT2D eigenvalue weighted by atomic mass is 19.1. The smallest absolute Gasteiger partial charge is 0.176 e. The van der Waals surface area contributed by atoms with Gasteiger partial charge in [0.25, 0.3) is 0 Å². The average molecular weight is 493 g/mol. The quantitative estimate of drug-likeness (QED) is 0.337. The van der Waals surface area contributed by atoms with Gasteiger partial charge in [0.15, 0.2) is 11.6 Å². The van der Waals surface area contributed by atoms with Crippen LogP contribution in [0.2, 0.25) is 0 Å². The molecule has 0 aliphatic heterocycles. The monoisotopic (exact) mass is 492 g/mol. The molecule has 6 rings (SSSR count). The predicted molar refractivity (Wildman–Crippen MR) is 135 cm³/mol. The van der Waals surface area contributed by atoms with E-state index in [9.17, 15) is 14.4 Å². The number of fused-ring (bicyclic) bond motifs is 4. The Morgan fingerprint density at radius 3 is 2.68 bits per heavy atom. The molecule has 2 aliphatic rings. The Morgan fingerprint density at radius 2 is 1.89 bits per heavy atom. The molecule has 2 aromatic heterocycles. The van der Waals surface area contributed by atoms with Crippen LogP contribution in [0, 0.1) is 34.8 Å². The molecule has 0 radical (unpaired) electrons. The molecule has 2 aromatic carbocycles. The molecule has 4 aromatic rings. The zero-order valence-electron chi connectivity index (χ0n) is 20.3. The molecule has 5 nitrogen and oxygen atoms in total. The lowest BCUT2D eigenvalue weighted by Gasteiger charge is -2.45. The van der Waals surface area contributed by atoms with Gasteiger partial charge in [0, 0.05) is 39.6 Å². The summed E-state index contributed by atoms with van der Waals surface area (Å²) in [6, 6.07) is 14.6. The van der Waals surface area contributed by atoms with Crippen molar-refractivity contribution in [3.63, 3.8) is 0 Å². The van der Waals surface area contributed by atoms with Crippen LogP contribution < -0.4 is 0 Å². The van der Waals surface area contributed by atoms with Gasteiger partial charge in [0.2, 0.25) is 0 Å². The van der Waals surface area contributed by atoms with Crippen LogP contribution in [0.3, 0.4) is 0 Å². The van der Waals surface area contributed by atoms with Gasteiger partial charge in [0.1, 0.15) is 17.7 Å². The summed E-state index contributed by atoms with van der Waals surface area (Å²) in [5.74, 6) is -1.10. The molecule has 3 atom stereocenters. The zero-order valence-corrected chi connectivity index (χ0v) is 20.3. The summed E-state index contributed by atoms with van der Waals surface area (Å²) in [6.45, 7) is 3.85. The summed E-state index contributed by atoms with van der Waals surface area (Å²) in [4.78, 5) is 27.1. The number of nitrogens with zero attached hydrogens (tertiary/aromatic N) is 4. The van der Waals surface area contributed by atoms with Gasteiger partial charge >= 0.3 is 0 Å².